The van der Waals surface area contributed by atoms with Crippen molar-refractivity contribution in [2.24, 2.45) is 5.41 Å². The van der Waals surface area contributed by atoms with Gasteiger partial charge in [0.1, 0.15) is 11.1 Å². The fraction of sp³-hybridized carbons (Fsp3) is 0.417. The maximum absolute atomic E-state index is 10.7. The van der Waals surface area contributed by atoms with Crippen LogP contribution in [0.25, 0.3) is 0 Å². The predicted molar refractivity (Wildman–Crippen MR) is 63.6 cm³/mol. The van der Waals surface area contributed by atoms with Crippen LogP contribution in [0.15, 0.2) is 23.4 Å². The van der Waals surface area contributed by atoms with Gasteiger partial charge in [-0.3, -0.25) is 4.79 Å². The molecule has 1 aliphatic rings. The van der Waals surface area contributed by atoms with Crippen molar-refractivity contribution in [3.8, 4) is 6.07 Å². The highest BCUT2D eigenvalue weighted by molar-refractivity contribution is 7.99. The summed E-state index contributed by atoms with van der Waals surface area (Å²) in [6, 6.07) is 5.55. The summed E-state index contributed by atoms with van der Waals surface area (Å²) in [5.74, 6) is -0.0185. The minimum absolute atomic E-state index is 0.0687. The van der Waals surface area contributed by atoms with Gasteiger partial charge in [-0.1, -0.05) is 0 Å². The van der Waals surface area contributed by atoms with Crippen LogP contribution in [-0.2, 0) is 4.79 Å². The molecule has 1 aromatic rings. The number of hydrogen-bond donors (Lipinski definition) is 1. The van der Waals surface area contributed by atoms with E-state index in [0.29, 0.717) is 10.6 Å². The van der Waals surface area contributed by atoms with Crippen molar-refractivity contribution in [2.75, 3.05) is 5.75 Å². The third kappa shape index (κ3) is 2.98. The molecular formula is C12H12N2O2S. The van der Waals surface area contributed by atoms with Crippen LogP contribution in [0.3, 0.4) is 0 Å². The minimum atomic E-state index is -0.746. The highest BCUT2D eigenvalue weighted by atomic mass is 32.2. The Balaban J connectivity index is 1.99. The highest BCUT2D eigenvalue weighted by Crippen LogP contribution is 2.51. The summed E-state index contributed by atoms with van der Waals surface area (Å²) in [5, 5.41) is 18.4. The topological polar surface area (TPSA) is 74.0 Å². The third-order valence-electron chi connectivity index (χ3n) is 2.89. The minimum Gasteiger partial charge on any atom is -0.481 e. The maximum Gasteiger partial charge on any atom is 0.303 e. The Hall–Kier alpha value is -1.54. The molecule has 0 aliphatic heterocycles. The molecule has 0 atom stereocenters. The zero-order valence-electron chi connectivity index (χ0n) is 9.22. The summed E-state index contributed by atoms with van der Waals surface area (Å²) in [5.41, 5.74) is 0.490. The number of nitriles is 1. The lowest BCUT2D eigenvalue weighted by molar-refractivity contribution is -0.138. The first-order chi connectivity index (χ1) is 8.15. The van der Waals surface area contributed by atoms with Gasteiger partial charge in [-0.05, 0) is 30.4 Å². The molecule has 1 saturated carbocycles. The first-order valence-corrected chi connectivity index (χ1v) is 6.33. The van der Waals surface area contributed by atoms with Gasteiger partial charge in [0.15, 0.2) is 0 Å². The molecule has 0 bridgehead atoms. The van der Waals surface area contributed by atoms with Gasteiger partial charge in [0.05, 0.1) is 12.0 Å². The molecule has 88 valence electrons. The van der Waals surface area contributed by atoms with E-state index in [-0.39, 0.29) is 11.8 Å². The monoisotopic (exact) mass is 248 g/mol. The molecule has 1 fully saturated rings. The summed E-state index contributed by atoms with van der Waals surface area (Å²) < 4.78 is 0. The van der Waals surface area contributed by atoms with E-state index in [1.807, 2.05) is 0 Å². The molecule has 1 aliphatic carbocycles. The van der Waals surface area contributed by atoms with Gasteiger partial charge in [0.2, 0.25) is 0 Å². The fourth-order valence-electron chi connectivity index (χ4n) is 1.68. The van der Waals surface area contributed by atoms with Crippen molar-refractivity contribution in [3.63, 3.8) is 0 Å². The van der Waals surface area contributed by atoms with E-state index in [1.165, 1.54) is 11.8 Å². The van der Waals surface area contributed by atoms with Crippen LogP contribution >= 0.6 is 11.8 Å². The lowest BCUT2D eigenvalue weighted by atomic mass is 10.1. The molecule has 0 radical (unpaired) electrons. The summed E-state index contributed by atoms with van der Waals surface area (Å²) >= 11 is 1.49. The molecular weight excluding hydrogens is 236 g/mol. The van der Waals surface area contributed by atoms with Crippen LogP contribution in [0.2, 0.25) is 0 Å². The average Bonchev–Trinajstić information content (AvgIpc) is 3.06. The summed E-state index contributed by atoms with van der Waals surface area (Å²) in [6.45, 7) is 0. The van der Waals surface area contributed by atoms with Gasteiger partial charge < -0.3 is 5.11 Å². The molecule has 1 N–H and O–H groups in total. The SMILES string of the molecule is N#Cc1cccnc1SCC1(CC(=O)O)CC1. The molecule has 0 unspecified atom stereocenters. The number of pyridine rings is 1. The van der Waals surface area contributed by atoms with E-state index < -0.39 is 5.97 Å². The molecule has 0 spiro atoms. The highest BCUT2D eigenvalue weighted by Gasteiger charge is 2.44. The molecule has 0 amide bonds. The normalized spacial score (nSPS) is 16.2. The van der Waals surface area contributed by atoms with Gasteiger partial charge in [-0.15, -0.1) is 11.8 Å². The van der Waals surface area contributed by atoms with Crippen LogP contribution in [0.4, 0.5) is 0 Å². The molecule has 1 aromatic heterocycles. The van der Waals surface area contributed by atoms with Crippen LogP contribution < -0.4 is 0 Å². The van der Waals surface area contributed by atoms with Crippen LogP contribution in [0.5, 0.6) is 0 Å². The van der Waals surface area contributed by atoms with Crippen molar-refractivity contribution in [3.05, 3.63) is 23.9 Å². The second-order valence-corrected chi connectivity index (χ2v) is 5.29. The standard InChI is InChI=1S/C12H12N2O2S/c13-7-9-2-1-5-14-11(9)17-8-12(3-4-12)6-10(15)16/h1-2,5H,3-4,6,8H2,(H,15,16). The third-order valence-corrected chi connectivity index (χ3v) is 4.25. The van der Waals surface area contributed by atoms with Gasteiger partial charge in [-0.25, -0.2) is 4.98 Å². The smallest absolute Gasteiger partial charge is 0.303 e. The number of nitrogens with zero attached hydrogens (tertiary/aromatic N) is 2. The van der Waals surface area contributed by atoms with Crippen molar-refractivity contribution in [1.82, 2.24) is 4.98 Å². The van der Waals surface area contributed by atoms with Crippen LogP contribution in [-0.4, -0.2) is 21.8 Å². The number of carbonyl (C=O) groups is 1. The molecule has 2 rings (SSSR count). The Morgan fingerprint density at radius 1 is 1.65 bits per heavy atom. The average molecular weight is 248 g/mol. The summed E-state index contributed by atoms with van der Waals surface area (Å²) in [4.78, 5) is 14.9. The predicted octanol–water partition coefficient (Wildman–Crippen LogP) is 2.30. The Bertz CT molecular complexity index is 478. The van der Waals surface area contributed by atoms with E-state index in [4.69, 9.17) is 10.4 Å². The number of carboxylic acids is 1. The Kier molecular flexibility index (Phi) is 3.34. The van der Waals surface area contributed by atoms with Crippen molar-refractivity contribution in [1.29, 1.82) is 5.26 Å². The first-order valence-electron chi connectivity index (χ1n) is 5.35. The van der Waals surface area contributed by atoms with Gasteiger partial charge >= 0.3 is 5.97 Å². The molecule has 0 saturated heterocycles. The number of thioether (sulfide) groups is 1. The Morgan fingerprint density at radius 3 is 3.00 bits per heavy atom. The maximum atomic E-state index is 10.7. The van der Waals surface area contributed by atoms with Gasteiger partial charge in [0, 0.05) is 11.9 Å². The van der Waals surface area contributed by atoms with E-state index >= 15 is 0 Å². The Morgan fingerprint density at radius 2 is 2.41 bits per heavy atom. The van der Waals surface area contributed by atoms with E-state index in [0.717, 1.165) is 18.6 Å². The zero-order chi connectivity index (χ0) is 12.3. The molecule has 1 heterocycles. The summed E-state index contributed by atoms with van der Waals surface area (Å²) in [6.07, 6.45) is 3.79. The van der Waals surface area contributed by atoms with E-state index in [9.17, 15) is 4.79 Å². The molecule has 17 heavy (non-hydrogen) atoms. The number of aromatic nitrogens is 1. The lowest BCUT2D eigenvalue weighted by Gasteiger charge is -2.11. The zero-order valence-corrected chi connectivity index (χ0v) is 10.0. The number of rotatable bonds is 5. The summed E-state index contributed by atoms with van der Waals surface area (Å²) in [7, 11) is 0. The molecule has 4 nitrogen and oxygen atoms in total. The molecule has 0 aromatic carbocycles. The quantitative estimate of drug-likeness (QED) is 0.809. The van der Waals surface area contributed by atoms with Crippen molar-refractivity contribution >= 4 is 17.7 Å². The first kappa shape index (κ1) is 11.9. The van der Waals surface area contributed by atoms with E-state index in [2.05, 4.69) is 11.1 Å². The van der Waals surface area contributed by atoms with E-state index in [1.54, 1.807) is 18.3 Å². The Labute approximate surface area is 104 Å². The second-order valence-electron chi connectivity index (χ2n) is 4.33. The number of hydrogen-bond acceptors (Lipinski definition) is 4. The van der Waals surface area contributed by atoms with Gasteiger partial charge in [-0.2, -0.15) is 5.26 Å². The second kappa shape index (κ2) is 4.76. The number of aliphatic carboxylic acids is 1. The molecule has 5 heteroatoms. The fourth-order valence-corrected chi connectivity index (χ4v) is 2.92. The van der Waals surface area contributed by atoms with Gasteiger partial charge in [0.25, 0.3) is 0 Å². The lowest BCUT2D eigenvalue weighted by Crippen LogP contribution is -2.11. The van der Waals surface area contributed by atoms with Crippen LogP contribution in [0.1, 0.15) is 24.8 Å². The largest absolute Gasteiger partial charge is 0.481 e. The van der Waals surface area contributed by atoms with Crippen molar-refractivity contribution < 1.29 is 9.90 Å². The van der Waals surface area contributed by atoms with Crippen LogP contribution in [0, 0.1) is 16.7 Å². The number of carboxylic acid groups (broad SMARTS) is 1. The van der Waals surface area contributed by atoms with Crippen molar-refractivity contribution in [2.45, 2.75) is 24.3 Å².